The van der Waals surface area contributed by atoms with Crippen molar-refractivity contribution in [1.82, 2.24) is 15.5 Å². The van der Waals surface area contributed by atoms with E-state index in [1.54, 1.807) is 12.1 Å². The molecule has 29 heavy (non-hydrogen) atoms. The van der Waals surface area contributed by atoms with E-state index in [-0.39, 0.29) is 17.6 Å². The second-order valence-electron chi connectivity index (χ2n) is 8.45. The van der Waals surface area contributed by atoms with E-state index in [2.05, 4.69) is 27.3 Å². The molecule has 1 saturated carbocycles. The molecule has 6 heteroatoms. The van der Waals surface area contributed by atoms with Crippen LogP contribution in [0.5, 0.6) is 0 Å². The summed E-state index contributed by atoms with van der Waals surface area (Å²) in [4.78, 5) is 15.0. The summed E-state index contributed by atoms with van der Waals surface area (Å²) in [6.45, 7) is 3.81. The van der Waals surface area contributed by atoms with Crippen molar-refractivity contribution in [3.05, 3.63) is 42.2 Å². The second-order valence-corrected chi connectivity index (χ2v) is 8.45. The Labute approximate surface area is 171 Å². The summed E-state index contributed by atoms with van der Waals surface area (Å²) in [6, 6.07) is 10.4. The first-order valence-corrected chi connectivity index (χ1v) is 10.7. The monoisotopic (exact) mass is 396 g/mol. The lowest BCUT2D eigenvalue weighted by atomic mass is 9.85. The zero-order valence-corrected chi connectivity index (χ0v) is 17.0. The number of aromatic nitrogens is 2. The van der Waals surface area contributed by atoms with Crippen molar-refractivity contribution in [3.8, 4) is 11.3 Å². The van der Waals surface area contributed by atoms with Gasteiger partial charge in [0.15, 0.2) is 5.82 Å². The summed E-state index contributed by atoms with van der Waals surface area (Å²) in [7, 11) is 0. The van der Waals surface area contributed by atoms with E-state index in [0.29, 0.717) is 24.2 Å². The number of piperidine rings is 1. The third kappa shape index (κ3) is 4.74. The highest BCUT2D eigenvalue weighted by Crippen LogP contribution is 2.26. The number of halogens is 1. The molecule has 2 aromatic rings. The lowest BCUT2D eigenvalue weighted by molar-refractivity contribution is -0.126. The minimum Gasteiger partial charge on any atom is -0.354 e. The standard InChI is InChI=1S/C23H29FN4O/c1-16-5-2-3-7-20(16)25-23(29)18-6-4-14-28(15-18)22-13-12-21(26-27-22)17-8-10-19(24)11-9-17/h8-13,16,18,20H,2-7,14-15H2,1H3,(H,25,29). The lowest BCUT2D eigenvalue weighted by Gasteiger charge is -2.35. The van der Waals surface area contributed by atoms with Crippen LogP contribution in [0.2, 0.25) is 0 Å². The van der Waals surface area contributed by atoms with Crippen molar-refractivity contribution in [2.45, 2.75) is 51.5 Å². The van der Waals surface area contributed by atoms with Gasteiger partial charge in [0, 0.05) is 24.7 Å². The van der Waals surface area contributed by atoms with Crippen LogP contribution >= 0.6 is 0 Å². The maximum atomic E-state index is 13.1. The van der Waals surface area contributed by atoms with Gasteiger partial charge in [-0.1, -0.05) is 19.8 Å². The highest BCUT2D eigenvalue weighted by Gasteiger charge is 2.30. The fourth-order valence-corrected chi connectivity index (χ4v) is 4.50. The van der Waals surface area contributed by atoms with Crippen LogP contribution in [0.4, 0.5) is 10.2 Å². The van der Waals surface area contributed by atoms with Gasteiger partial charge in [0.2, 0.25) is 5.91 Å². The summed E-state index contributed by atoms with van der Waals surface area (Å²) in [5, 5.41) is 12.0. The molecule has 1 aromatic heterocycles. The molecule has 0 radical (unpaired) electrons. The fraction of sp³-hybridized carbons (Fsp3) is 0.522. The number of carbonyl (C=O) groups is 1. The first-order chi connectivity index (χ1) is 14.1. The quantitative estimate of drug-likeness (QED) is 0.842. The number of hydrogen-bond donors (Lipinski definition) is 1. The van der Waals surface area contributed by atoms with Crippen LogP contribution < -0.4 is 10.2 Å². The van der Waals surface area contributed by atoms with Crippen LogP contribution in [-0.2, 0) is 4.79 Å². The predicted octanol–water partition coefficient (Wildman–Crippen LogP) is 4.19. The topological polar surface area (TPSA) is 58.1 Å². The maximum Gasteiger partial charge on any atom is 0.225 e. The van der Waals surface area contributed by atoms with Gasteiger partial charge in [0.1, 0.15) is 5.82 Å². The van der Waals surface area contributed by atoms with E-state index in [1.807, 2.05) is 12.1 Å². The van der Waals surface area contributed by atoms with Gasteiger partial charge in [0.25, 0.3) is 0 Å². The molecule has 3 atom stereocenters. The number of nitrogens with one attached hydrogen (secondary N) is 1. The molecule has 1 aliphatic carbocycles. The average molecular weight is 397 g/mol. The van der Waals surface area contributed by atoms with Crippen LogP contribution in [0.1, 0.15) is 45.4 Å². The molecule has 0 bridgehead atoms. The zero-order valence-electron chi connectivity index (χ0n) is 17.0. The van der Waals surface area contributed by atoms with Crippen molar-refractivity contribution < 1.29 is 9.18 Å². The SMILES string of the molecule is CC1CCCCC1NC(=O)C1CCCN(c2ccc(-c3ccc(F)cc3)nn2)C1. The van der Waals surface area contributed by atoms with Gasteiger partial charge < -0.3 is 10.2 Å². The molecule has 3 unspecified atom stereocenters. The third-order valence-corrected chi connectivity index (χ3v) is 6.35. The molecule has 1 aliphatic heterocycles. The van der Waals surface area contributed by atoms with Gasteiger partial charge >= 0.3 is 0 Å². The first-order valence-electron chi connectivity index (χ1n) is 10.7. The Hall–Kier alpha value is -2.50. The average Bonchev–Trinajstić information content (AvgIpc) is 2.76. The summed E-state index contributed by atoms with van der Waals surface area (Å²) < 4.78 is 13.1. The Morgan fingerprint density at radius 1 is 1.03 bits per heavy atom. The molecule has 4 rings (SSSR count). The van der Waals surface area contributed by atoms with E-state index >= 15 is 0 Å². The molecule has 1 amide bonds. The second kappa shape index (κ2) is 8.89. The highest BCUT2D eigenvalue weighted by molar-refractivity contribution is 5.80. The Balaban J connectivity index is 1.38. The molecule has 1 saturated heterocycles. The summed E-state index contributed by atoms with van der Waals surface area (Å²) in [5.41, 5.74) is 1.55. The largest absolute Gasteiger partial charge is 0.354 e. The van der Waals surface area contributed by atoms with E-state index in [1.165, 1.54) is 31.4 Å². The molecule has 0 spiro atoms. The van der Waals surface area contributed by atoms with Crippen molar-refractivity contribution >= 4 is 11.7 Å². The molecular weight excluding hydrogens is 367 g/mol. The van der Waals surface area contributed by atoms with Crippen molar-refractivity contribution in [1.29, 1.82) is 0 Å². The Morgan fingerprint density at radius 2 is 1.83 bits per heavy atom. The van der Waals surface area contributed by atoms with E-state index < -0.39 is 0 Å². The Morgan fingerprint density at radius 3 is 2.55 bits per heavy atom. The number of anilines is 1. The number of rotatable bonds is 4. The van der Waals surface area contributed by atoms with Gasteiger partial charge in [-0.2, -0.15) is 0 Å². The van der Waals surface area contributed by atoms with E-state index in [9.17, 15) is 9.18 Å². The van der Waals surface area contributed by atoms with Gasteiger partial charge in [-0.05, 0) is 68.0 Å². The maximum absolute atomic E-state index is 13.1. The van der Waals surface area contributed by atoms with Crippen molar-refractivity contribution in [2.75, 3.05) is 18.0 Å². The zero-order chi connectivity index (χ0) is 20.2. The van der Waals surface area contributed by atoms with Crippen LogP contribution in [0.3, 0.4) is 0 Å². The number of nitrogens with zero attached hydrogens (tertiary/aromatic N) is 3. The van der Waals surface area contributed by atoms with E-state index in [4.69, 9.17) is 0 Å². The molecule has 2 fully saturated rings. The van der Waals surface area contributed by atoms with Crippen LogP contribution in [0.25, 0.3) is 11.3 Å². The lowest BCUT2D eigenvalue weighted by Crippen LogP contribution is -2.48. The molecule has 154 valence electrons. The number of hydrogen-bond acceptors (Lipinski definition) is 4. The van der Waals surface area contributed by atoms with Crippen molar-refractivity contribution in [3.63, 3.8) is 0 Å². The first kappa shape index (κ1) is 19.8. The van der Waals surface area contributed by atoms with Gasteiger partial charge in [0.05, 0.1) is 11.6 Å². The van der Waals surface area contributed by atoms with Crippen LogP contribution in [0.15, 0.2) is 36.4 Å². The van der Waals surface area contributed by atoms with Crippen LogP contribution in [0, 0.1) is 17.7 Å². The molecule has 1 aromatic carbocycles. The van der Waals surface area contributed by atoms with Gasteiger partial charge in [-0.3, -0.25) is 4.79 Å². The normalized spacial score (nSPS) is 24.9. The fourth-order valence-electron chi connectivity index (χ4n) is 4.50. The van der Waals surface area contributed by atoms with Gasteiger partial charge in [-0.25, -0.2) is 4.39 Å². The molecule has 2 aliphatic rings. The number of amides is 1. The van der Waals surface area contributed by atoms with E-state index in [0.717, 1.165) is 37.2 Å². The summed E-state index contributed by atoms with van der Waals surface area (Å²) in [6.07, 6.45) is 6.68. The minimum absolute atomic E-state index is 0.00329. The highest BCUT2D eigenvalue weighted by atomic mass is 19.1. The van der Waals surface area contributed by atoms with Crippen molar-refractivity contribution in [2.24, 2.45) is 11.8 Å². The summed E-state index contributed by atoms with van der Waals surface area (Å²) in [5.74, 6) is 1.27. The minimum atomic E-state index is -0.265. The molecule has 5 nitrogen and oxygen atoms in total. The number of carbonyl (C=O) groups excluding carboxylic acids is 1. The molecular formula is C23H29FN4O. The van der Waals surface area contributed by atoms with Crippen LogP contribution in [-0.4, -0.2) is 35.2 Å². The predicted molar refractivity (Wildman–Crippen MR) is 112 cm³/mol. The smallest absolute Gasteiger partial charge is 0.225 e. The Kier molecular flexibility index (Phi) is 6.07. The Bertz CT molecular complexity index is 824. The van der Waals surface area contributed by atoms with Gasteiger partial charge in [-0.15, -0.1) is 10.2 Å². The third-order valence-electron chi connectivity index (χ3n) is 6.35. The summed E-state index contributed by atoms with van der Waals surface area (Å²) >= 11 is 0. The number of benzene rings is 1. The molecule has 2 heterocycles. The molecule has 1 N–H and O–H groups in total.